The second-order valence-electron chi connectivity index (χ2n) is 6.89. The number of anilines is 1. The van der Waals surface area contributed by atoms with Crippen LogP contribution in [-0.4, -0.2) is 17.6 Å². The molecule has 0 spiro atoms. The molecule has 4 heteroatoms. The molecule has 114 valence electrons. The monoisotopic (exact) mass is 289 g/mol. The van der Waals surface area contributed by atoms with Gasteiger partial charge in [0, 0.05) is 0 Å². The highest BCUT2D eigenvalue weighted by atomic mass is 16.6. The van der Waals surface area contributed by atoms with E-state index in [4.69, 9.17) is 4.74 Å². The molecule has 1 atom stereocenters. The van der Waals surface area contributed by atoms with Gasteiger partial charge in [-0.3, -0.25) is 4.79 Å². The van der Waals surface area contributed by atoms with Crippen LogP contribution < -0.4 is 4.90 Å². The Hall–Kier alpha value is -1.84. The lowest BCUT2D eigenvalue weighted by Gasteiger charge is -2.24. The summed E-state index contributed by atoms with van der Waals surface area (Å²) in [5.74, 6) is -0.0570. The maximum atomic E-state index is 12.7. The summed E-state index contributed by atoms with van der Waals surface area (Å²) in [5.41, 5.74) is 0.951. The summed E-state index contributed by atoms with van der Waals surface area (Å²) in [6.45, 7) is 9.53. The average molecular weight is 289 g/mol. The van der Waals surface area contributed by atoms with Gasteiger partial charge in [-0.15, -0.1) is 0 Å². The Morgan fingerprint density at radius 3 is 2.48 bits per heavy atom. The fourth-order valence-electron chi connectivity index (χ4n) is 2.59. The second kappa shape index (κ2) is 5.51. The fraction of sp³-hybridized carbons (Fsp3) is 0.529. The van der Waals surface area contributed by atoms with E-state index in [-0.39, 0.29) is 11.8 Å². The predicted octanol–water partition coefficient (Wildman–Crippen LogP) is 4.10. The molecule has 1 aromatic rings. The maximum absolute atomic E-state index is 12.7. The topological polar surface area (TPSA) is 46.6 Å². The molecule has 0 saturated carbocycles. The first-order chi connectivity index (χ1) is 9.70. The van der Waals surface area contributed by atoms with Gasteiger partial charge in [0.25, 0.3) is 0 Å². The number of carbonyl (C=O) groups is 2. The molecule has 0 bridgehead atoms. The van der Waals surface area contributed by atoms with Crippen molar-refractivity contribution in [1.29, 1.82) is 0 Å². The molecule has 0 N–H and O–H groups in total. The van der Waals surface area contributed by atoms with Crippen LogP contribution in [0.25, 0.3) is 0 Å². The molecule has 2 amide bonds. The van der Waals surface area contributed by atoms with Gasteiger partial charge in [0.05, 0.1) is 11.6 Å². The SMILES string of the molecule is CC(C)C[C@@H]1C(=O)N(C(=O)OC(C)(C)C)c2ccccc21. The largest absolute Gasteiger partial charge is 0.443 e. The molecule has 0 fully saturated rings. The van der Waals surface area contributed by atoms with E-state index in [1.807, 2.05) is 18.2 Å². The highest BCUT2D eigenvalue weighted by Gasteiger charge is 2.42. The minimum absolute atomic E-state index is 0.181. The highest BCUT2D eigenvalue weighted by molar-refractivity contribution is 6.19. The molecule has 1 aliphatic rings. The Balaban J connectivity index is 2.35. The lowest BCUT2D eigenvalue weighted by atomic mass is 9.91. The van der Waals surface area contributed by atoms with Gasteiger partial charge >= 0.3 is 6.09 Å². The van der Waals surface area contributed by atoms with Gasteiger partial charge in [0.15, 0.2) is 0 Å². The zero-order valence-electron chi connectivity index (χ0n) is 13.3. The summed E-state index contributed by atoms with van der Waals surface area (Å²) in [7, 11) is 0. The minimum atomic E-state index is -0.623. The normalized spacial score (nSPS) is 18.1. The van der Waals surface area contributed by atoms with Crippen LogP contribution in [0.15, 0.2) is 24.3 Å². The molecule has 0 aliphatic carbocycles. The van der Waals surface area contributed by atoms with Crippen LogP contribution in [-0.2, 0) is 9.53 Å². The Kier molecular flexibility index (Phi) is 4.08. The number of hydrogen-bond donors (Lipinski definition) is 0. The lowest BCUT2D eigenvalue weighted by Crippen LogP contribution is -2.39. The number of fused-ring (bicyclic) bond motifs is 1. The van der Waals surface area contributed by atoms with E-state index in [2.05, 4.69) is 13.8 Å². The van der Waals surface area contributed by atoms with Crippen molar-refractivity contribution in [2.45, 2.75) is 52.6 Å². The van der Waals surface area contributed by atoms with Crippen molar-refractivity contribution >= 4 is 17.7 Å². The number of para-hydroxylation sites is 1. The molecule has 0 aromatic heterocycles. The Morgan fingerprint density at radius 2 is 1.90 bits per heavy atom. The summed E-state index contributed by atoms with van der Waals surface area (Å²) in [4.78, 5) is 26.2. The van der Waals surface area contributed by atoms with Crippen molar-refractivity contribution in [1.82, 2.24) is 0 Å². The molecule has 4 nitrogen and oxygen atoms in total. The van der Waals surface area contributed by atoms with E-state index in [9.17, 15) is 9.59 Å². The lowest BCUT2D eigenvalue weighted by molar-refractivity contribution is -0.119. The van der Waals surface area contributed by atoms with Crippen LogP contribution in [0.4, 0.5) is 10.5 Å². The number of carbonyl (C=O) groups excluding carboxylic acids is 2. The van der Waals surface area contributed by atoms with Gasteiger partial charge in [-0.05, 0) is 44.7 Å². The zero-order valence-corrected chi connectivity index (χ0v) is 13.3. The van der Waals surface area contributed by atoms with Gasteiger partial charge in [-0.25, -0.2) is 9.69 Å². The molecule has 1 aromatic carbocycles. The third kappa shape index (κ3) is 3.26. The van der Waals surface area contributed by atoms with Crippen molar-refractivity contribution in [2.75, 3.05) is 4.90 Å². The van der Waals surface area contributed by atoms with E-state index in [0.29, 0.717) is 11.6 Å². The molecule has 2 rings (SSSR count). The molecule has 0 unspecified atom stereocenters. The maximum Gasteiger partial charge on any atom is 0.421 e. The minimum Gasteiger partial charge on any atom is -0.443 e. The van der Waals surface area contributed by atoms with E-state index < -0.39 is 11.7 Å². The fourth-order valence-corrected chi connectivity index (χ4v) is 2.59. The third-order valence-electron chi connectivity index (χ3n) is 3.35. The molecule has 1 heterocycles. The summed E-state index contributed by atoms with van der Waals surface area (Å²) in [5, 5.41) is 0. The third-order valence-corrected chi connectivity index (χ3v) is 3.35. The number of benzene rings is 1. The number of hydrogen-bond acceptors (Lipinski definition) is 3. The molecular weight excluding hydrogens is 266 g/mol. The van der Waals surface area contributed by atoms with Gasteiger partial charge < -0.3 is 4.74 Å². The quantitative estimate of drug-likeness (QED) is 0.823. The van der Waals surface area contributed by atoms with Crippen molar-refractivity contribution < 1.29 is 14.3 Å². The second-order valence-corrected chi connectivity index (χ2v) is 6.89. The first-order valence-electron chi connectivity index (χ1n) is 7.36. The summed E-state index contributed by atoms with van der Waals surface area (Å²) >= 11 is 0. The Morgan fingerprint density at radius 1 is 1.29 bits per heavy atom. The van der Waals surface area contributed by atoms with Crippen molar-refractivity contribution in [2.24, 2.45) is 5.92 Å². The van der Waals surface area contributed by atoms with Crippen molar-refractivity contribution in [3.8, 4) is 0 Å². The van der Waals surface area contributed by atoms with Gasteiger partial charge in [-0.2, -0.15) is 0 Å². The van der Waals surface area contributed by atoms with Crippen molar-refractivity contribution in [3.63, 3.8) is 0 Å². The zero-order chi connectivity index (χ0) is 15.8. The molecule has 21 heavy (non-hydrogen) atoms. The first-order valence-corrected chi connectivity index (χ1v) is 7.36. The summed E-state index contributed by atoms with van der Waals surface area (Å²) < 4.78 is 5.37. The highest BCUT2D eigenvalue weighted by Crippen LogP contribution is 2.41. The summed E-state index contributed by atoms with van der Waals surface area (Å²) in [6.07, 6.45) is 0.140. The smallest absolute Gasteiger partial charge is 0.421 e. The number of nitrogens with zero attached hydrogens (tertiary/aromatic N) is 1. The van der Waals surface area contributed by atoms with Gasteiger partial charge in [0.1, 0.15) is 5.60 Å². The van der Waals surface area contributed by atoms with Crippen LogP contribution in [0, 0.1) is 5.92 Å². The van der Waals surface area contributed by atoms with E-state index in [1.165, 1.54) is 4.90 Å². The van der Waals surface area contributed by atoms with Gasteiger partial charge in [0.2, 0.25) is 5.91 Å². The van der Waals surface area contributed by atoms with Crippen LogP contribution in [0.5, 0.6) is 0 Å². The number of ether oxygens (including phenoxy) is 1. The number of rotatable bonds is 2. The molecule has 0 saturated heterocycles. The van der Waals surface area contributed by atoms with E-state index in [1.54, 1.807) is 26.8 Å². The predicted molar refractivity (Wildman–Crippen MR) is 82.4 cm³/mol. The molecule has 1 aliphatic heterocycles. The number of amides is 2. The molecular formula is C17H23NO3. The Bertz CT molecular complexity index is 557. The number of imide groups is 1. The Labute approximate surface area is 126 Å². The van der Waals surface area contributed by atoms with Crippen LogP contribution in [0.3, 0.4) is 0 Å². The van der Waals surface area contributed by atoms with Crippen LogP contribution in [0.1, 0.15) is 52.5 Å². The first kappa shape index (κ1) is 15.5. The average Bonchev–Trinajstić information content (AvgIpc) is 2.60. The molecule has 0 radical (unpaired) electrons. The van der Waals surface area contributed by atoms with E-state index >= 15 is 0 Å². The van der Waals surface area contributed by atoms with E-state index in [0.717, 1.165) is 12.0 Å². The van der Waals surface area contributed by atoms with Crippen LogP contribution in [0.2, 0.25) is 0 Å². The summed E-state index contributed by atoms with van der Waals surface area (Å²) in [6, 6.07) is 7.46. The standard InChI is InChI=1S/C17H23NO3/c1-11(2)10-13-12-8-6-7-9-14(12)18(15(13)19)16(20)21-17(3,4)5/h6-9,11,13H,10H2,1-5H3/t13-/m0/s1. The van der Waals surface area contributed by atoms with Crippen LogP contribution >= 0.6 is 0 Å². The van der Waals surface area contributed by atoms with Crippen molar-refractivity contribution in [3.05, 3.63) is 29.8 Å². The van der Waals surface area contributed by atoms with Gasteiger partial charge in [-0.1, -0.05) is 32.0 Å².